The SMILES string of the molecule is CC(C)(C#N)C1(O)CC2CCC1C2. The third kappa shape index (κ3) is 1.03. The van der Waals surface area contributed by atoms with Crippen molar-refractivity contribution < 1.29 is 5.11 Å². The van der Waals surface area contributed by atoms with E-state index in [1.165, 1.54) is 6.42 Å². The molecule has 3 atom stereocenters. The highest BCUT2D eigenvalue weighted by Crippen LogP contribution is 2.57. The van der Waals surface area contributed by atoms with E-state index in [1.807, 2.05) is 13.8 Å². The molecule has 2 aliphatic rings. The summed E-state index contributed by atoms with van der Waals surface area (Å²) in [6, 6.07) is 2.26. The Bertz CT molecular complexity index is 266. The van der Waals surface area contributed by atoms with Gasteiger partial charge in [0.15, 0.2) is 0 Å². The lowest BCUT2D eigenvalue weighted by Gasteiger charge is -2.41. The Kier molecular flexibility index (Phi) is 1.72. The van der Waals surface area contributed by atoms with Gasteiger partial charge in [-0.15, -0.1) is 0 Å². The molecule has 2 heteroatoms. The van der Waals surface area contributed by atoms with Crippen molar-refractivity contribution in [1.82, 2.24) is 0 Å². The lowest BCUT2D eigenvalue weighted by molar-refractivity contribution is -0.0826. The Morgan fingerprint density at radius 3 is 2.54 bits per heavy atom. The highest BCUT2D eigenvalue weighted by molar-refractivity contribution is 5.14. The molecular weight excluding hydrogens is 162 g/mol. The van der Waals surface area contributed by atoms with Gasteiger partial charge in [-0.1, -0.05) is 0 Å². The number of hydrogen-bond acceptors (Lipinski definition) is 2. The molecule has 3 unspecified atom stereocenters. The minimum absolute atomic E-state index is 0.382. The van der Waals surface area contributed by atoms with Crippen LogP contribution >= 0.6 is 0 Å². The molecule has 0 aromatic carbocycles. The number of hydrogen-bond donors (Lipinski definition) is 1. The van der Waals surface area contributed by atoms with E-state index in [2.05, 4.69) is 6.07 Å². The fraction of sp³-hybridized carbons (Fsp3) is 0.909. The van der Waals surface area contributed by atoms with Crippen LogP contribution in [0.15, 0.2) is 0 Å². The molecule has 0 radical (unpaired) electrons. The normalized spacial score (nSPS) is 43.5. The second-order valence-corrected chi connectivity index (χ2v) is 5.24. The summed E-state index contributed by atoms with van der Waals surface area (Å²) in [6.07, 6.45) is 4.36. The van der Waals surface area contributed by atoms with Gasteiger partial charge in [0.25, 0.3) is 0 Å². The quantitative estimate of drug-likeness (QED) is 0.669. The molecule has 0 amide bonds. The summed E-state index contributed by atoms with van der Waals surface area (Å²) in [5.41, 5.74) is -1.28. The number of fused-ring (bicyclic) bond motifs is 2. The molecule has 72 valence electrons. The fourth-order valence-corrected chi connectivity index (χ4v) is 3.16. The van der Waals surface area contributed by atoms with E-state index in [0.717, 1.165) is 19.3 Å². The minimum Gasteiger partial charge on any atom is -0.388 e. The van der Waals surface area contributed by atoms with E-state index in [0.29, 0.717) is 11.8 Å². The zero-order valence-electron chi connectivity index (χ0n) is 8.38. The van der Waals surface area contributed by atoms with Gasteiger partial charge in [-0.05, 0) is 51.4 Å². The molecule has 2 rings (SSSR count). The van der Waals surface area contributed by atoms with Gasteiger partial charge >= 0.3 is 0 Å². The monoisotopic (exact) mass is 179 g/mol. The standard InChI is InChI=1S/C11H17NO/c1-10(2,7-12)11(13)6-8-3-4-9(11)5-8/h8-9,13H,3-6H2,1-2H3. The van der Waals surface area contributed by atoms with Crippen LogP contribution in [0.5, 0.6) is 0 Å². The van der Waals surface area contributed by atoms with Gasteiger partial charge in [0.1, 0.15) is 0 Å². The van der Waals surface area contributed by atoms with Gasteiger partial charge in [-0.2, -0.15) is 5.26 Å². The van der Waals surface area contributed by atoms with E-state index in [9.17, 15) is 5.11 Å². The Hall–Kier alpha value is -0.550. The molecule has 13 heavy (non-hydrogen) atoms. The van der Waals surface area contributed by atoms with Crippen LogP contribution in [-0.2, 0) is 0 Å². The smallest absolute Gasteiger partial charge is 0.0858 e. The summed E-state index contributed by atoms with van der Waals surface area (Å²) in [7, 11) is 0. The summed E-state index contributed by atoms with van der Waals surface area (Å²) in [5.74, 6) is 1.06. The zero-order valence-corrected chi connectivity index (χ0v) is 8.38. The minimum atomic E-state index is -0.704. The second kappa shape index (κ2) is 2.48. The van der Waals surface area contributed by atoms with Crippen molar-refractivity contribution in [2.75, 3.05) is 0 Å². The van der Waals surface area contributed by atoms with Crippen LogP contribution in [0.2, 0.25) is 0 Å². The third-order valence-electron chi connectivity index (χ3n) is 4.18. The van der Waals surface area contributed by atoms with Crippen molar-refractivity contribution in [3.8, 4) is 6.07 Å². The first-order valence-electron chi connectivity index (χ1n) is 5.13. The van der Waals surface area contributed by atoms with Crippen LogP contribution in [0.3, 0.4) is 0 Å². The van der Waals surface area contributed by atoms with Crippen LogP contribution in [0, 0.1) is 28.6 Å². The van der Waals surface area contributed by atoms with Crippen LogP contribution in [0.25, 0.3) is 0 Å². The molecule has 2 nitrogen and oxygen atoms in total. The molecule has 0 saturated heterocycles. The Labute approximate surface area is 79.6 Å². The first-order valence-corrected chi connectivity index (χ1v) is 5.13. The van der Waals surface area contributed by atoms with Gasteiger partial charge in [-0.25, -0.2) is 0 Å². The van der Waals surface area contributed by atoms with Crippen molar-refractivity contribution in [1.29, 1.82) is 5.26 Å². The first kappa shape index (κ1) is 9.02. The molecule has 0 aliphatic heterocycles. The van der Waals surface area contributed by atoms with E-state index in [4.69, 9.17) is 5.26 Å². The van der Waals surface area contributed by atoms with Gasteiger partial charge in [0, 0.05) is 0 Å². The summed E-state index contributed by atoms with van der Waals surface area (Å²) in [4.78, 5) is 0. The van der Waals surface area contributed by atoms with Gasteiger partial charge < -0.3 is 5.11 Å². The fourth-order valence-electron chi connectivity index (χ4n) is 3.16. The molecule has 2 aliphatic carbocycles. The lowest BCUT2D eigenvalue weighted by Crippen LogP contribution is -2.48. The maximum atomic E-state index is 10.5. The average molecular weight is 179 g/mol. The topological polar surface area (TPSA) is 44.0 Å². The lowest BCUT2D eigenvalue weighted by atomic mass is 9.67. The molecular formula is C11H17NO. The van der Waals surface area contributed by atoms with Gasteiger partial charge in [0.05, 0.1) is 17.1 Å². The summed E-state index contributed by atoms with van der Waals surface area (Å²) in [6.45, 7) is 3.74. The van der Waals surface area contributed by atoms with E-state index in [1.54, 1.807) is 0 Å². The van der Waals surface area contributed by atoms with Crippen LogP contribution in [0.4, 0.5) is 0 Å². The van der Waals surface area contributed by atoms with E-state index in [-0.39, 0.29) is 0 Å². The number of nitriles is 1. The van der Waals surface area contributed by atoms with E-state index < -0.39 is 11.0 Å². The maximum Gasteiger partial charge on any atom is 0.0858 e. The van der Waals surface area contributed by atoms with Crippen molar-refractivity contribution >= 4 is 0 Å². The predicted molar refractivity (Wildman–Crippen MR) is 49.8 cm³/mol. The summed E-state index contributed by atoms with van der Waals surface area (Å²) < 4.78 is 0. The highest BCUT2D eigenvalue weighted by Gasteiger charge is 2.57. The highest BCUT2D eigenvalue weighted by atomic mass is 16.3. The maximum absolute atomic E-state index is 10.5. The van der Waals surface area contributed by atoms with E-state index >= 15 is 0 Å². The van der Waals surface area contributed by atoms with Crippen molar-refractivity contribution in [2.45, 2.75) is 45.1 Å². The Morgan fingerprint density at radius 1 is 1.46 bits per heavy atom. The van der Waals surface area contributed by atoms with Crippen LogP contribution in [-0.4, -0.2) is 10.7 Å². The number of nitrogens with zero attached hydrogens (tertiary/aromatic N) is 1. The third-order valence-corrected chi connectivity index (χ3v) is 4.18. The molecule has 0 spiro atoms. The molecule has 2 bridgehead atoms. The molecule has 2 fully saturated rings. The first-order chi connectivity index (χ1) is 5.99. The van der Waals surface area contributed by atoms with Crippen molar-refractivity contribution in [3.63, 3.8) is 0 Å². The zero-order chi connectivity index (χ0) is 9.69. The van der Waals surface area contributed by atoms with Gasteiger partial charge in [-0.3, -0.25) is 0 Å². The van der Waals surface area contributed by atoms with Crippen molar-refractivity contribution in [2.24, 2.45) is 17.3 Å². The van der Waals surface area contributed by atoms with Crippen LogP contribution in [0.1, 0.15) is 39.5 Å². The molecule has 0 aromatic rings. The predicted octanol–water partition coefficient (Wildman–Crippen LogP) is 2.09. The summed E-state index contributed by atoms with van der Waals surface area (Å²) in [5, 5.41) is 19.5. The second-order valence-electron chi connectivity index (χ2n) is 5.24. The molecule has 2 saturated carbocycles. The Morgan fingerprint density at radius 2 is 2.15 bits per heavy atom. The number of rotatable bonds is 1. The molecule has 0 heterocycles. The van der Waals surface area contributed by atoms with Crippen molar-refractivity contribution in [3.05, 3.63) is 0 Å². The van der Waals surface area contributed by atoms with Crippen LogP contribution < -0.4 is 0 Å². The molecule has 0 aromatic heterocycles. The summed E-state index contributed by atoms with van der Waals surface area (Å²) >= 11 is 0. The average Bonchev–Trinajstić information content (AvgIpc) is 2.63. The Balaban J connectivity index is 2.28. The molecule has 1 N–H and O–H groups in total. The van der Waals surface area contributed by atoms with Gasteiger partial charge in [0.2, 0.25) is 0 Å². The largest absolute Gasteiger partial charge is 0.388 e. The number of aliphatic hydroxyl groups is 1.